The summed E-state index contributed by atoms with van der Waals surface area (Å²) in [5.74, 6) is 0. The Morgan fingerprint density at radius 3 is 2.89 bits per heavy atom. The Morgan fingerprint density at radius 1 is 1.22 bits per heavy atom. The summed E-state index contributed by atoms with van der Waals surface area (Å²) in [6.07, 6.45) is 3.93. The van der Waals surface area contributed by atoms with Crippen LogP contribution in [0.1, 0.15) is 5.56 Å². The summed E-state index contributed by atoms with van der Waals surface area (Å²) in [5, 5.41) is 7.66. The summed E-state index contributed by atoms with van der Waals surface area (Å²) in [4.78, 5) is 6.85. The zero-order chi connectivity index (χ0) is 12.2. The number of piperazine rings is 1. The molecule has 1 aliphatic rings. The van der Waals surface area contributed by atoms with Gasteiger partial charge in [0.2, 0.25) is 0 Å². The smallest absolute Gasteiger partial charge is 0.0346 e. The predicted octanol–water partition coefficient (Wildman–Crippen LogP) is 2.22. The van der Waals surface area contributed by atoms with E-state index < -0.39 is 0 Å². The van der Waals surface area contributed by atoms with Gasteiger partial charge in [-0.1, -0.05) is 0 Å². The van der Waals surface area contributed by atoms with E-state index in [0.29, 0.717) is 0 Å². The molecule has 0 amide bonds. The maximum absolute atomic E-state index is 4.37. The number of hydrogen-bond acceptors (Lipinski definition) is 4. The molecule has 1 aliphatic heterocycles. The second kappa shape index (κ2) is 5.61. The molecule has 1 fully saturated rings. The quantitative estimate of drug-likeness (QED) is 0.916. The van der Waals surface area contributed by atoms with Crippen LogP contribution in [0.2, 0.25) is 0 Å². The SMILES string of the molecule is c1cc(-c2cncc(CN3CCNCC3)c2)cs1. The van der Waals surface area contributed by atoms with Crippen molar-refractivity contribution in [3.05, 3.63) is 40.8 Å². The van der Waals surface area contributed by atoms with Gasteiger partial charge in [0.05, 0.1) is 0 Å². The summed E-state index contributed by atoms with van der Waals surface area (Å²) in [6.45, 7) is 5.45. The number of rotatable bonds is 3. The van der Waals surface area contributed by atoms with Gasteiger partial charge in [0, 0.05) is 50.7 Å². The molecular formula is C14H17N3S. The number of hydrogen-bond donors (Lipinski definition) is 1. The van der Waals surface area contributed by atoms with Crippen LogP contribution >= 0.6 is 11.3 Å². The summed E-state index contributed by atoms with van der Waals surface area (Å²) in [6, 6.07) is 4.41. The molecular weight excluding hydrogens is 242 g/mol. The van der Waals surface area contributed by atoms with Gasteiger partial charge in [-0.3, -0.25) is 9.88 Å². The predicted molar refractivity (Wildman–Crippen MR) is 75.7 cm³/mol. The fourth-order valence-corrected chi connectivity index (χ4v) is 2.95. The van der Waals surface area contributed by atoms with E-state index in [4.69, 9.17) is 0 Å². The van der Waals surface area contributed by atoms with E-state index >= 15 is 0 Å². The molecule has 0 aromatic carbocycles. The van der Waals surface area contributed by atoms with Crippen LogP contribution in [0.5, 0.6) is 0 Å². The lowest BCUT2D eigenvalue weighted by molar-refractivity contribution is 0.233. The van der Waals surface area contributed by atoms with Crippen molar-refractivity contribution in [3.63, 3.8) is 0 Å². The topological polar surface area (TPSA) is 28.2 Å². The Labute approximate surface area is 111 Å². The summed E-state index contributed by atoms with van der Waals surface area (Å²) in [5.41, 5.74) is 3.80. The Kier molecular flexibility index (Phi) is 3.69. The molecule has 3 heterocycles. The lowest BCUT2D eigenvalue weighted by atomic mass is 10.1. The minimum atomic E-state index is 1.01. The number of nitrogens with zero attached hydrogens (tertiary/aromatic N) is 2. The highest BCUT2D eigenvalue weighted by Crippen LogP contribution is 2.22. The largest absolute Gasteiger partial charge is 0.314 e. The van der Waals surface area contributed by atoms with Gasteiger partial charge >= 0.3 is 0 Å². The Balaban J connectivity index is 1.74. The highest BCUT2D eigenvalue weighted by Gasteiger charge is 2.10. The first-order valence-corrected chi connectivity index (χ1v) is 7.26. The number of nitrogens with one attached hydrogen (secondary N) is 1. The van der Waals surface area contributed by atoms with Crippen molar-refractivity contribution in [2.75, 3.05) is 26.2 Å². The molecule has 0 aliphatic carbocycles. The zero-order valence-electron chi connectivity index (χ0n) is 10.3. The average Bonchev–Trinajstić information content (AvgIpc) is 2.94. The van der Waals surface area contributed by atoms with Crippen molar-refractivity contribution in [1.82, 2.24) is 15.2 Å². The Bertz CT molecular complexity index is 490. The first-order valence-electron chi connectivity index (χ1n) is 6.31. The molecule has 3 rings (SSSR count). The van der Waals surface area contributed by atoms with Crippen LogP contribution in [-0.2, 0) is 6.54 Å². The molecule has 18 heavy (non-hydrogen) atoms. The van der Waals surface area contributed by atoms with Crippen LogP contribution in [0, 0.1) is 0 Å². The van der Waals surface area contributed by atoms with E-state index in [0.717, 1.165) is 32.7 Å². The molecule has 0 atom stereocenters. The van der Waals surface area contributed by atoms with Gasteiger partial charge in [-0.25, -0.2) is 0 Å². The van der Waals surface area contributed by atoms with E-state index in [1.165, 1.54) is 16.7 Å². The summed E-state index contributed by atoms with van der Waals surface area (Å²) in [7, 11) is 0. The Morgan fingerprint density at radius 2 is 2.11 bits per heavy atom. The van der Waals surface area contributed by atoms with Crippen molar-refractivity contribution in [2.45, 2.75) is 6.54 Å². The van der Waals surface area contributed by atoms with Crippen LogP contribution < -0.4 is 5.32 Å². The Hall–Kier alpha value is -1.23. The molecule has 94 valence electrons. The van der Waals surface area contributed by atoms with Gasteiger partial charge in [0.25, 0.3) is 0 Å². The van der Waals surface area contributed by atoms with Gasteiger partial charge < -0.3 is 5.32 Å². The van der Waals surface area contributed by atoms with Gasteiger partial charge in [-0.05, 0) is 34.0 Å². The number of pyridine rings is 1. The van der Waals surface area contributed by atoms with Crippen LogP contribution in [0.3, 0.4) is 0 Å². The van der Waals surface area contributed by atoms with E-state index in [1.54, 1.807) is 11.3 Å². The minimum Gasteiger partial charge on any atom is -0.314 e. The van der Waals surface area contributed by atoms with Crippen LogP contribution in [0.4, 0.5) is 0 Å². The van der Waals surface area contributed by atoms with Gasteiger partial charge in [-0.15, -0.1) is 0 Å². The van der Waals surface area contributed by atoms with Crippen molar-refractivity contribution < 1.29 is 0 Å². The monoisotopic (exact) mass is 259 g/mol. The average molecular weight is 259 g/mol. The van der Waals surface area contributed by atoms with Crippen molar-refractivity contribution >= 4 is 11.3 Å². The molecule has 0 spiro atoms. The first kappa shape index (κ1) is 11.8. The van der Waals surface area contributed by atoms with Crippen molar-refractivity contribution in [3.8, 4) is 11.1 Å². The fraction of sp³-hybridized carbons (Fsp3) is 0.357. The molecule has 0 saturated carbocycles. The molecule has 2 aromatic heterocycles. The molecule has 1 saturated heterocycles. The van der Waals surface area contributed by atoms with Gasteiger partial charge in [0.1, 0.15) is 0 Å². The van der Waals surface area contributed by atoms with E-state index in [2.05, 4.69) is 38.1 Å². The van der Waals surface area contributed by atoms with Crippen molar-refractivity contribution in [1.29, 1.82) is 0 Å². The molecule has 4 heteroatoms. The molecule has 0 bridgehead atoms. The van der Waals surface area contributed by atoms with E-state index in [1.807, 2.05) is 12.4 Å². The number of thiophene rings is 1. The zero-order valence-corrected chi connectivity index (χ0v) is 11.1. The highest BCUT2D eigenvalue weighted by atomic mass is 32.1. The van der Waals surface area contributed by atoms with Crippen molar-refractivity contribution in [2.24, 2.45) is 0 Å². The second-order valence-electron chi connectivity index (χ2n) is 4.62. The second-order valence-corrected chi connectivity index (χ2v) is 5.40. The lowest BCUT2D eigenvalue weighted by Crippen LogP contribution is -2.42. The maximum atomic E-state index is 4.37. The van der Waals surface area contributed by atoms with E-state index in [9.17, 15) is 0 Å². The molecule has 2 aromatic rings. The molecule has 0 radical (unpaired) electrons. The lowest BCUT2D eigenvalue weighted by Gasteiger charge is -2.27. The van der Waals surface area contributed by atoms with Gasteiger partial charge in [0.15, 0.2) is 0 Å². The highest BCUT2D eigenvalue weighted by molar-refractivity contribution is 7.08. The molecule has 1 N–H and O–H groups in total. The third-order valence-corrected chi connectivity index (χ3v) is 3.95. The maximum Gasteiger partial charge on any atom is 0.0346 e. The summed E-state index contributed by atoms with van der Waals surface area (Å²) < 4.78 is 0. The normalized spacial score (nSPS) is 16.9. The van der Waals surface area contributed by atoms with Crippen LogP contribution in [-0.4, -0.2) is 36.1 Å². The third kappa shape index (κ3) is 2.77. The third-order valence-electron chi connectivity index (χ3n) is 3.27. The first-order chi connectivity index (χ1) is 8.92. The van der Waals surface area contributed by atoms with Gasteiger partial charge in [-0.2, -0.15) is 11.3 Å². The minimum absolute atomic E-state index is 1.01. The standard InChI is InChI=1S/C14H17N3S/c1-6-18-11-13(1)14-7-12(8-16-9-14)10-17-4-2-15-3-5-17/h1,6-9,11,15H,2-5,10H2. The van der Waals surface area contributed by atoms with E-state index in [-0.39, 0.29) is 0 Å². The molecule has 0 unspecified atom stereocenters. The van der Waals surface area contributed by atoms with Crippen LogP contribution in [0.25, 0.3) is 11.1 Å². The summed E-state index contributed by atoms with van der Waals surface area (Å²) >= 11 is 1.73. The van der Waals surface area contributed by atoms with Crippen LogP contribution in [0.15, 0.2) is 35.3 Å². The molecule has 3 nitrogen and oxygen atoms in total. The fourth-order valence-electron chi connectivity index (χ4n) is 2.29. The number of aromatic nitrogens is 1.